The normalized spacial score (nSPS) is 14.7. The van der Waals surface area contributed by atoms with Crippen molar-refractivity contribution in [3.8, 4) is 5.75 Å². The third kappa shape index (κ3) is 4.38. The summed E-state index contributed by atoms with van der Waals surface area (Å²) in [5.74, 6) is -1.27. The molecule has 0 bridgehead atoms. The van der Waals surface area contributed by atoms with E-state index in [-0.39, 0.29) is 18.1 Å². The van der Waals surface area contributed by atoms with E-state index in [9.17, 15) is 13.6 Å². The molecule has 0 unspecified atom stereocenters. The lowest BCUT2D eigenvalue weighted by Gasteiger charge is -2.26. The van der Waals surface area contributed by atoms with Gasteiger partial charge in [-0.15, -0.1) is 0 Å². The van der Waals surface area contributed by atoms with Gasteiger partial charge in [0.25, 0.3) is 5.91 Å². The second-order valence-electron chi connectivity index (χ2n) is 7.37. The minimum absolute atomic E-state index is 0.158. The number of aromatic nitrogens is 2. The van der Waals surface area contributed by atoms with Crippen LogP contribution in [0.15, 0.2) is 30.5 Å². The van der Waals surface area contributed by atoms with Crippen molar-refractivity contribution in [3.05, 3.63) is 64.6 Å². The van der Waals surface area contributed by atoms with E-state index in [4.69, 9.17) is 9.47 Å². The number of halogens is 2. The van der Waals surface area contributed by atoms with E-state index in [0.717, 1.165) is 5.56 Å². The maximum absolute atomic E-state index is 14.0. The first kappa shape index (κ1) is 21.2. The van der Waals surface area contributed by atoms with Crippen LogP contribution in [0.4, 0.5) is 8.78 Å². The minimum atomic E-state index is -0.674. The van der Waals surface area contributed by atoms with Crippen molar-refractivity contribution in [3.63, 3.8) is 0 Å². The summed E-state index contributed by atoms with van der Waals surface area (Å²) in [6.07, 6.45) is 2.33. The first-order valence-electron chi connectivity index (χ1n) is 10.2. The topological polar surface area (TPSA) is 68.1 Å². The van der Waals surface area contributed by atoms with Gasteiger partial charge in [0.1, 0.15) is 23.9 Å². The summed E-state index contributed by atoms with van der Waals surface area (Å²) in [4.78, 5) is 17.7. The number of carbonyl (C=O) groups is 1. The van der Waals surface area contributed by atoms with E-state index >= 15 is 0 Å². The number of nitrogens with one attached hydrogen (secondary N) is 1. The van der Waals surface area contributed by atoms with Crippen LogP contribution in [0.5, 0.6) is 5.75 Å². The molecule has 0 atom stereocenters. The Morgan fingerprint density at radius 2 is 1.97 bits per heavy atom. The molecule has 3 aromatic rings. The average molecular weight is 430 g/mol. The van der Waals surface area contributed by atoms with Crippen LogP contribution in [-0.4, -0.2) is 46.6 Å². The Hall–Kier alpha value is -3.04. The first-order valence-corrected chi connectivity index (χ1v) is 10.2. The summed E-state index contributed by atoms with van der Waals surface area (Å²) in [7, 11) is 0. The number of fused-ring (bicyclic) bond motifs is 1. The van der Waals surface area contributed by atoms with Crippen molar-refractivity contribution >= 4 is 11.6 Å². The highest BCUT2D eigenvalue weighted by Crippen LogP contribution is 2.26. The van der Waals surface area contributed by atoms with E-state index in [1.807, 2.05) is 18.9 Å². The van der Waals surface area contributed by atoms with E-state index in [1.54, 1.807) is 16.7 Å². The standard InChI is InChI=1S/C22H24F2N4O3/c1-3-18-20(22(29)26-27-7-9-30-10-8-27)28-12-14(2)11-19(21(28)25-18)31-13-15-16(23)5-4-6-17(15)24/h4-6,11-12H,3,7-10,13H2,1-2H3,(H,26,29). The van der Waals surface area contributed by atoms with Crippen molar-refractivity contribution in [1.29, 1.82) is 0 Å². The molecule has 164 valence electrons. The second-order valence-corrected chi connectivity index (χ2v) is 7.37. The number of ether oxygens (including phenoxy) is 2. The van der Waals surface area contributed by atoms with Crippen LogP contribution in [0.3, 0.4) is 0 Å². The third-order valence-electron chi connectivity index (χ3n) is 5.15. The number of amides is 1. The molecule has 0 saturated carbocycles. The van der Waals surface area contributed by atoms with Crippen molar-refractivity contribution in [2.24, 2.45) is 0 Å². The fourth-order valence-electron chi connectivity index (χ4n) is 3.58. The molecule has 0 radical (unpaired) electrons. The molecule has 1 aliphatic rings. The lowest BCUT2D eigenvalue weighted by atomic mass is 10.2. The zero-order chi connectivity index (χ0) is 22.0. The summed E-state index contributed by atoms with van der Waals surface area (Å²) in [6.45, 7) is 5.79. The van der Waals surface area contributed by atoms with Gasteiger partial charge in [-0.2, -0.15) is 0 Å². The lowest BCUT2D eigenvalue weighted by Crippen LogP contribution is -2.48. The van der Waals surface area contributed by atoms with Crippen molar-refractivity contribution in [2.45, 2.75) is 26.9 Å². The molecule has 7 nitrogen and oxygen atoms in total. The molecule has 31 heavy (non-hydrogen) atoms. The molecule has 1 aliphatic heterocycles. The van der Waals surface area contributed by atoms with E-state index in [2.05, 4.69) is 10.4 Å². The number of imidazole rings is 1. The molecular formula is C22H24F2N4O3. The van der Waals surface area contributed by atoms with Gasteiger partial charge in [-0.05, 0) is 37.1 Å². The molecule has 9 heteroatoms. The molecule has 1 fully saturated rings. The largest absolute Gasteiger partial charge is 0.485 e. The molecule has 3 heterocycles. The molecule has 1 saturated heterocycles. The van der Waals surface area contributed by atoms with Crippen LogP contribution >= 0.6 is 0 Å². The van der Waals surface area contributed by atoms with E-state index in [1.165, 1.54) is 18.2 Å². The number of carbonyl (C=O) groups excluding carboxylic acids is 1. The molecule has 1 aromatic carbocycles. The maximum Gasteiger partial charge on any atom is 0.284 e. The fraction of sp³-hybridized carbons (Fsp3) is 0.364. The molecule has 0 spiro atoms. The van der Waals surface area contributed by atoms with Gasteiger partial charge < -0.3 is 9.47 Å². The summed E-state index contributed by atoms with van der Waals surface area (Å²) < 4.78 is 40.7. The number of aryl methyl sites for hydroxylation is 2. The Balaban J connectivity index is 1.67. The summed E-state index contributed by atoms with van der Waals surface area (Å²) in [6, 6.07) is 5.42. The van der Waals surface area contributed by atoms with Gasteiger partial charge >= 0.3 is 0 Å². The van der Waals surface area contributed by atoms with Gasteiger partial charge in [0.2, 0.25) is 0 Å². The Labute approximate surface area is 178 Å². The number of pyridine rings is 1. The number of rotatable bonds is 6. The smallest absolute Gasteiger partial charge is 0.284 e. The predicted octanol–water partition coefficient (Wildman–Crippen LogP) is 3.04. The molecule has 1 N–H and O–H groups in total. The average Bonchev–Trinajstić information content (AvgIpc) is 3.12. The molecule has 2 aromatic heterocycles. The summed E-state index contributed by atoms with van der Waals surface area (Å²) in [5.41, 5.74) is 5.02. The van der Waals surface area contributed by atoms with Crippen molar-refractivity contribution in [2.75, 3.05) is 26.3 Å². The highest BCUT2D eigenvalue weighted by Gasteiger charge is 2.23. The fourth-order valence-corrected chi connectivity index (χ4v) is 3.58. The predicted molar refractivity (Wildman–Crippen MR) is 110 cm³/mol. The van der Waals surface area contributed by atoms with Crippen molar-refractivity contribution < 1.29 is 23.0 Å². The van der Waals surface area contributed by atoms with Gasteiger partial charge in [-0.1, -0.05) is 13.0 Å². The Bertz CT molecular complexity index is 1090. The lowest BCUT2D eigenvalue weighted by molar-refractivity contribution is 0.0124. The molecule has 4 rings (SSSR count). The maximum atomic E-state index is 14.0. The monoisotopic (exact) mass is 430 g/mol. The number of benzene rings is 1. The molecule has 0 aliphatic carbocycles. The van der Waals surface area contributed by atoms with Crippen LogP contribution < -0.4 is 10.2 Å². The Kier molecular flexibility index (Phi) is 6.15. The van der Waals surface area contributed by atoms with Gasteiger partial charge in [-0.25, -0.2) is 18.8 Å². The zero-order valence-electron chi connectivity index (χ0n) is 17.5. The summed E-state index contributed by atoms with van der Waals surface area (Å²) >= 11 is 0. The minimum Gasteiger partial charge on any atom is -0.485 e. The van der Waals surface area contributed by atoms with E-state index in [0.29, 0.717) is 55.5 Å². The second kappa shape index (κ2) is 8.99. The highest BCUT2D eigenvalue weighted by atomic mass is 19.1. The van der Waals surface area contributed by atoms with Crippen LogP contribution in [-0.2, 0) is 17.8 Å². The molecule has 1 amide bonds. The third-order valence-corrected chi connectivity index (χ3v) is 5.15. The number of hydrogen-bond donors (Lipinski definition) is 1. The SMILES string of the molecule is CCc1nc2c(OCc3c(F)cccc3F)cc(C)cn2c1C(=O)NN1CCOCC1. The highest BCUT2D eigenvalue weighted by molar-refractivity contribution is 5.94. The van der Waals surface area contributed by atoms with Gasteiger partial charge in [0.15, 0.2) is 11.4 Å². The van der Waals surface area contributed by atoms with Crippen LogP contribution in [0.2, 0.25) is 0 Å². The summed E-state index contributed by atoms with van der Waals surface area (Å²) in [5, 5.41) is 1.82. The van der Waals surface area contributed by atoms with Gasteiger partial charge in [0.05, 0.1) is 24.5 Å². The van der Waals surface area contributed by atoms with Crippen LogP contribution in [0, 0.1) is 18.6 Å². The Morgan fingerprint density at radius 1 is 1.26 bits per heavy atom. The van der Waals surface area contributed by atoms with Gasteiger partial charge in [-0.3, -0.25) is 14.6 Å². The number of hydrogen-bond acceptors (Lipinski definition) is 5. The number of morpholine rings is 1. The number of nitrogens with zero attached hydrogens (tertiary/aromatic N) is 3. The number of hydrazine groups is 1. The van der Waals surface area contributed by atoms with Crippen LogP contribution in [0.1, 0.15) is 34.2 Å². The zero-order valence-corrected chi connectivity index (χ0v) is 17.5. The van der Waals surface area contributed by atoms with E-state index < -0.39 is 11.6 Å². The van der Waals surface area contributed by atoms with Crippen LogP contribution in [0.25, 0.3) is 5.65 Å². The van der Waals surface area contributed by atoms with Gasteiger partial charge in [0, 0.05) is 19.3 Å². The Morgan fingerprint density at radius 3 is 2.65 bits per heavy atom. The quantitative estimate of drug-likeness (QED) is 0.651. The van der Waals surface area contributed by atoms with Crippen molar-refractivity contribution in [1.82, 2.24) is 19.8 Å². The first-order chi connectivity index (χ1) is 15.0. The molecular weight excluding hydrogens is 406 g/mol.